The fraction of sp³-hybridized carbons (Fsp3) is 0.0303. The van der Waals surface area contributed by atoms with Crippen molar-refractivity contribution in [2.45, 2.75) is 0 Å². The zero-order chi connectivity index (χ0) is 26.5. The number of aromatic nitrogens is 2. The molecule has 1 aliphatic heterocycles. The number of aromatic hydroxyl groups is 1. The van der Waals surface area contributed by atoms with E-state index < -0.39 is 0 Å². The second-order valence-corrected chi connectivity index (χ2v) is 9.21. The van der Waals surface area contributed by atoms with Gasteiger partial charge in [0.05, 0.1) is 12.7 Å². The molecule has 4 aromatic carbocycles. The number of hydrogen-bond acceptors (Lipinski definition) is 5. The first-order chi connectivity index (χ1) is 19.1. The Bertz CT molecular complexity index is 1860. The molecule has 0 bridgehead atoms. The number of rotatable bonds is 3. The van der Waals surface area contributed by atoms with Crippen molar-refractivity contribution in [1.82, 2.24) is 9.97 Å². The van der Waals surface area contributed by atoms with Crippen molar-refractivity contribution in [3.63, 3.8) is 0 Å². The van der Waals surface area contributed by atoms with Gasteiger partial charge in [-0.1, -0.05) is 66.7 Å². The number of pyridine rings is 2. The molecule has 0 saturated carbocycles. The number of hydrogen-bond donors (Lipinski definition) is 1. The summed E-state index contributed by atoms with van der Waals surface area (Å²) in [4.78, 5) is 13.7. The Hall–Kier alpha value is -4.47. The minimum absolute atomic E-state index is 0. The standard InChI is InChI=1S/C33H23N4O.Pt/c1-36-27-17-14-24(22-8-3-2-4-9-22)20-29(27)37(32-12-5-6-19-34-32)30-21-25(15-18-28(30)36)26-16-13-23-10-7-11-31(38)33(23)35-26;/h2-20,38H,1H3;/q-1;/i10D;. The van der Waals surface area contributed by atoms with E-state index in [1.165, 1.54) is 6.07 Å². The smallest absolute Gasteiger partial charge is 0.140 e. The third-order valence-corrected chi connectivity index (χ3v) is 6.95. The van der Waals surface area contributed by atoms with Crippen LogP contribution in [0.5, 0.6) is 5.75 Å². The molecule has 0 spiro atoms. The molecule has 6 heteroatoms. The van der Waals surface area contributed by atoms with Crippen LogP contribution in [-0.2, 0) is 21.1 Å². The fourth-order valence-electron chi connectivity index (χ4n) is 5.05. The van der Waals surface area contributed by atoms with Crippen LogP contribution in [-0.4, -0.2) is 22.1 Å². The number of phenols is 1. The molecule has 1 N–H and O–H groups in total. The monoisotopic (exact) mass is 687 g/mol. The van der Waals surface area contributed by atoms with Gasteiger partial charge < -0.3 is 14.9 Å². The van der Waals surface area contributed by atoms with Crippen molar-refractivity contribution in [2.24, 2.45) is 0 Å². The normalized spacial score (nSPS) is 12.4. The third kappa shape index (κ3) is 4.25. The Labute approximate surface area is 242 Å². The van der Waals surface area contributed by atoms with E-state index in [2.05, 4.69) is 59.3 Å². The van der Waals surface area contributed by atoms with E-state index in [1.54, 1.807) is 12.3 Å². The van der Waals surface area contributed by atoms with Crippen LogP contribution in [0.2, 0.25) is 0 Å². The molecule has 6 aromatic rings. The zero-order valence-electron chi connectivity index (χ0n) is 21.9. The molecule has 0 atom stereocenters. The molecule has 192 valence electrons. The third-order valence-electron chi connectivity index (χ3n) is 6.95. The molecule has 0 saturated heterocycles. The van der Waals surface area contributed by atoms with Crippen LogP contribution < -0.4 is 9.80 Å². The number of phenolic OH excluding ortho intramolecular Hbond substituents is 1. The van der Waals surface area contributed by atoms with Gasteiger partial charge in [-0.15, -0.1) is 23.8 Å². The Balaban J connectivity index is 0.00000289. The minimum atomic E-state index is 0. The van der Waals surface area contributed by atoms with E-state index in [4.69, 9.17) is 11.3 Å². The van der Waals surface area contributed by atoms with Crippen molar-refractivity contribution in [3.8, 4) is 28.1 Å². The Kier molecular flexibility index (Phi) is 6.07. The van der Waals surface area contributed by atoms with Crippen molar-refractivity contribution >= 4 is 39.5 Å². The van der Waals surface area contributed by atoms with Gasteiger partial charge in [0, 0.05) is 39.7 Å². The minimum Gasteiger partial charge on any atom is -0.506 e. The molecule has 2 aromatic heterocycles. The summed E-state index contributed by atoms with van der Waals surface area (Å²) in [6.45, 7) is 0. The summed E-state index contributed by atoms with van der Waals surface area (Å²) < 4.78 is 8.17. The SMILES string of the molecule is [2H]c1ccc(O)c2nc(-c3[c-]c4c(cc3)N(C)c3ccc(-c5ccccc5)cc3N4c3ccccn3)ccc12.[Pt]. The molecule has 39 heavy (non-hydrogen) atoms. The van der Waals surface area contributed by atoms with Crippen molar-refractivity contribution < 1.29 is 27.5 Å². The van der Waals surface area contributed by atoms with E-state index in [9.17, 15) is 5.11 Å². The van der Waals surface area contributed by atoms with Gasteiger partial charge in [0.15, 0.2) is 0 Å². The summed E-state index contributed by atoms with van der Waals surface area (Å²) in [6, 6.07) is 37.5. The number of para-hydroxylation sites is 1. The van der Waals surface area contributed by atoms with Gasteiger partial charge in [-0.3, -0.25) is 4.98 Å². The largest absolute Gasteiger partial charge is 0.506 e. The van der Waals surface area contributed by atoms with E-state index in [-0.39, 0.29) is 26.8 Å². The molecule has 0 aliphatic carbocycles. The quantitative estimate of drug-likeness (QED) is 0.191. The average molecular weight is 688 g/mol. The molecular weight excluding hydrogens is 663 g/mol. The van der Waals surface area contributed by atoms with E-state index >= 15 is 0 Å². The predicted molar refractivity (Wildman–Crippen MR) is 154 cm³/mol. The van der Waals surface area contributed by atoms with E-state index in [1.807, 2.05) is 54.6 Å². The fourth-order valence-corrected chi connectivity index (χ4v) is 5.05. The first-order valence-electron chi connectivity index (χ1n) is 12.9. The van der Waals surface area contributed by atoms with Crippen LogP contribution in [0, 0.1) is 6.07 Å². The van der Waals surface area contributed by atoms with Gasteiger partial charge in [0.2, 0.25) is 0 Å². The van der Waals surface area contributed by atoms with Crippen molar-refractivity contribution in [1.29, 1.82) is 0 Å². The molecule has 5 nitrogen and oxygen atoms in total. The molecular formula is C33H23N4OPt-. The molecule has 0 radical (unpaired) electrons. The molecule has 0 fully saturated rings. The second-order valence-electron chi connectivity index (χ2n) is 9.21. The van der Waals surface area contributed by atoms with Gasteiger partial charge in [0.25, 0.3) is 0 Å². The molecule has 7 rings (SSSR count). The van der Waals surface area contributed by atoms with E-state index in [0.29, 0.717) is 22.6 Å². The Morgan fingerprint density at radius 3 is 2.44 bits per heavy atom. The summed E-state index contributed by atoms with van der Waals surface area (Å²) >= 11 is 0. The first kappa shape index (κ1) is 23.6. The number of fused-ring (bicyclic) bond motifs is 3. The molecule has 1 aliphatic rings. The molecule has 0 amide bonds. The topological polar surface area (TPSA) is 52.5 Å². The average Bonchev–Trinajstić information content (AvgIpc) is 2.99. The van der Waals surface area contributed by atoms with Crippen LogP contribution >= 0.6 is 0 Å². The van der Waals surface area contributed by atoms with Crippen LogP contribution in [0.1, 0.15) is 1.37 Å². The summed E-state index contributed by atoms with van der Waals surface area (Å²) in [7, 11) is 2.06. The summed E-state index contributed by atoms with van der Waals surface area (Å²) in [5.74, 6) is 0.840. The number of nitrogens with zero attached hydrogens (tertiary/aromatic N) is 4. The van der Waals surface area contributed by atoms with Gasteiger partial charge in [0.1, 0.15) is 17.1 Å². The van der Waals surface area contributed by atoms with Crippen LogP contribution in [0.4, 0.5) is 28.6 Å². The van der Waals surface area contributed by atoms with Crippen LogP contribution in [0.15, 0.2) is 115 Å². The first-order valence-corrected chi connectivity index (χ1v) is 12.4. The number of anilines is 5. The van der Waals surface area contributed by atoms with Crippen molar-refractivity contribution in [2.75, 3.05) is 16.8 Å². The maximum absolute atomic E-state index is 10.4. The Morgan fingerprint density at radius 1 is 0.795 bits per heavy atom. The van der Waals surface area contributed by atoms with Gasteiger partial charge in [-0.25, -0.2) is 4.98 Å². The van der Waals surface area contributed by atoms with Gasteiger partial charge in [-0.05, 0) is 58.5 Å². The van der Waals surface area contributed by atoms with Crippen LogP contribution in [0.3, 0.4) is 0 Å². The zero-order valence-corrected chi connectivity index (χ0v) is 23.2. The molecule has 0 unspecified atom stereocenters. The summed E-state index contributed by atoms with van der Waals surface area (Å²) in [6.07, 6.45) is 1.80. The summed E-state index contributed by atoms with van der Waals surface area (Å²) in [5.41, 5.74) is 8.01. The maximum atomic E-state index is 10.4. The Morgan fingerprint density at radius 2 is 1.62 bits per heavy atom. The van der Waals surface area contributed by atoms with E-state index in [0.717, 1.165) is 45.3 Å². The van der Waals surface area contributed by atoms with Crippen molar-refractivity contribution in [3.05, 3.63) is 121 Å². The van der Waals surface area contributed by atoms with Gasteiger partial charge >= 0.3 is 0 Å². The second kappa shape index (κ2) is 10.0. The van der Waals surface area contributed by atoms with Gasteiger partial charge in [-0.2, -0.15) is 0 Å². The predicted octanol–water partition coefficient (Wildman–Crippen LogP) is 8.02. The maximum Gasteiger partial charge on any atom is 0.140 e. The summed E-state index contributed by atoms with van der Waals surface area (Å²) in [5, 5.41) is 11.0. The molecule has 3 heterocycles. The number of benzene rings is 4. The van der Waals surface area contributed by atoms with Crippen LogP contribution in [0.25, 0.3) is 33.3 Å².